The standard InChI is InChI=1S/C24H24N4O3/c1-23(2,3)13-29-16-6-7-20-17(9-16)24(14-30-22(25)28-24)18-10-19(27-12-21(18)31-20)15-5-4-8-26-11-15/h4-12H,13-14H2,1-3H3,(H2,25,28). The fourth-order valence-electron chi connectivity index (χ4n) is 3.80. The van der Waals surface area contributed by atoms with E-state index in [1.165, 1.54) is 0 Å². The van der Waals surface area contributed by atoms with Crippen molar-refractivity contribution < 1.29 is 14.2 Å². The molecule has 1 unspecified atom stereocenters. The molecule has 2 aliphatic heterocycles. The molecule has 1 spiro atoms. The summed E-state index contributed by atoms with van der Waals surface area (Å²) < 4.78 is 17.9. The van der Waals surface area contributed by atoms with Crippen molar-refractivity contribution in [2.24, 2.45) is 16.1 Å². The van der Waals surface area contributed by atoms with Gasteiger partial charge in [-0.15, -0.1) is 0 Å². The number of fused-ring (bicyclic) bond motifs is 4. The summed E-state index contributed by atoms with van der Waals surface area (Å²) in [4.78, 5) is 13.5. The summed E-state index contributed by atoms with van der Waals surface area (Å²) in [6.45, 7) is 7.27. The van der Waals surface area contributed by atoms with E-state index in [1.54, 1.807) is 18.6 Å². The number of nitrogens with zero attached hydrogens (tertiary/aromatic N) is 3. The summed E-state index contributed by atoms with van der Waals surface area (Å²) in [6.07, 6.45) is 5.23. The van der Waals surface area contributed by atoms with Crippen LogP contribution in [0.1, 0.15) is 31.9 Å². The maximum absolute atomic E-state index is 6.19. The van der Waals surface area contributed by atoms with E-state index >= 15 is 0 Å². The second-order valence-electron chi connectivity index (χ2n) is 9.02. The molecule has 5 rings (SSSR count). The highest BCUT2D eigenvalue weighted by Gasteiger charge is 2.47. The van der Waals surface area contributed by atoms with Crippen molar-refractivity contribution >= 4 is 6.02 Å². The number of hydrogen-bond acceptors (Lipinski definition) is 7. The van der Waals surface area contributed by atoms with Gasteiger partial charge in [0.05, 0.1) is 18.5 Å². The maximum Gasteiger partial charge on any atom is 0.283 e. The zero-order chi connectivity index (χ0) is 21.6. The summed E-state index contributed by atoms with van der Waals surface area (Å²) in [5, 5.41) is 0. The van der Waals surface area contributed by atoms with Crippen LogP contribution in [0, 0.1) is 5.41 Å². The third-order valence-corrected chi connectivity index (χ3v) is 5.29. The van der Waals surface area contributed by atoms with Gasteiger partial charge in [-0.05, 0) is 41.8 Å². The minimum Gasteiger partial charge on any atom is -0.493 e. The minimum absolute atomic E-state index is 0.0417. The van der Waals surface area contributed by atoms with Gasteiger partial charge in [0.25, 0.3) is 6.02 Å². The monoisotopic (exact) mass is 416 g/mol. The molecule has 0 bridgehead atoms. The van der Waals surface area contributed by atoms with Crippen LogP contribution in [0.15, 0.2) is 60.0 Å². The molecule has 1 aromatic carbocycles. The number of nitrogens with two attached hydrogens (primary N) is 1. The molecule has 2 N–H and O–H groups in total. The van der Waals surface area contributed by atoms with Gasteiger partial charge in [-0.25, -0.2) is 4.99 Å². The normalized spacial score (nSPS) is 19.1. The largest absolute Gasteiger partial charge is 0.493 e. The lowest BCUT2D eigenvalue weighted by Crippen LogP contribution is -2.31. The molecule has 0 aliphatic carbocycles. The number of hydrogen-bond donors (Lipinski definition) is 1. The quantitative estimate of drug-likeness (QED) is 0.686. The van der Waals surface area contributed by atoms with Crippen LogP contribution >= 0.6 is 0 Å². The highest BCUT2D eigenvalue weighted by atomic mass is 16.5. The molecule has 0 fully saturated rings. The predicted molar refractivity (Wildman–Crippen MR) is 117 cm³/mol. The molecule has 0 saturated heterocycles. The smallest absolute Gasteiger partial charge is 0.283 e. The average Bonchev–Trinajstić information content (AvgIpc) is 3.15. The van der Waals surface area contributed by atoms with Crippen molar-refractivity contribution in [1.82, 2.24) is 9.97 Å². The third-order valence-electron chi connectivity index (χ3n) is 5.29. The molecule has 1 atom stereocenters. The number of aliphatic imine (C=N–C) groups is 1. The molecular formula is C24H24N4O3. The van der Waals surface area contributed by atoms with Crippen molar-refractivity contribution in [2.45, 2.75) is 26.3 Å². The van der Waals surface area contributed by atoms with E-state index in [0.29, 0.717) is 18.1 Å². The Labute approximate surface area is 180 Å². The molecule has 2 aromatic heterocycles. The Morgan fingerprint density at radius 1 is 1.10 bits per heavy atom. The van der Waals surface area contributed by atoms with Gasteiger partial charge in [-0.3, -0.25) is 9.97 Å². The summed E-state index contributed by atoms with van der Waals surface area (Å²) in [7, 11) is 0. The summed E-state index contributed by atoms with van der Waals surface area (Å²) in [6, 6.07) is 11.8. The van der Waals surface area contributed by atoms with Crippen molar-refractivity contribution in [2.75, 3.05) is 13.2 Å². The molecule has 3 aromatic rings. The lowest BCUT2D eigenvalue weighted by molar-refractivity contribution is 0.197. The van der Waals surface area contributed by atoms with Crippen molar-refractivity contribution in [3.05, 3.63) is 66.1 Å². The highest BCUT2D eigenvalue weighted by molar-refractivity contribution is 5.77. The molecule has 0 radical (unpaired) electrons. The fourth-order valence-corrected chi connectivity index (χ4v) is 3.80. The zero-order valence-corrected chi connectivity index (χ0v) is 17.8. The average molecular weight is 416 g/mol. The van der Waals surface area contributed by atoms with Crippen LogP contribution in [-0.2, 0) is 10.3 Å². The minimum atomic E-state index is -0.825. The van der Waals surface area contributed by atoms with Gasteiger partial charge in [0.1, 0.15) is 18.1 Å². The Hall–Kier alpha value is -3.61. The fraction of sp³-hybridized carbons (Fsp3) is 0.292. The lowest BCUT2D eigenvalue weighted by atomic mass is 9.81. The Morgan fingerprint density at radius 2 is 1.94 bits per heavy atom. The number of pyridine rings is 2. The van der Waals surface area contributed by atoms with E-state index in [2.05, 4.69) is 30.7 Å². The second kappa shape index (κ2) is 6.97. The molecule has 7 heteroatoms. The number of aromatic nitrogens is 2. The number of rotatable bonds is 3. The third kappa shape index (κ3) is 3.46. The van der Waals surface area contributed by atoms with Crippen LogP contribution in [0.3, 0.4) is 0 Å². The Morgan fingerprint density at radius 3 is 2.65 bits per heavy atom. The van der Waals surface area contributed by atoms with Crippen LogP contribution < -0.4 is 15.2 Å². The van der Waals surface area contributed by atoms with Gasteiger partial charge in [0.2, 0.25) is 0 Å². The molecule has 0 amide bonds. The molecule has 2 aliphatic rings. The molecule has 158 valence electrons. The Balaban J connectivity index is 1.63. The maximum atomic E-state index is 6.19. The first-order valence-electron chi connectivity index (χ1n) is 10.2. The Kier molecular flexibility index (Phi) is 4.36. The zero-order valence-electron chi connectivity index (χ0n) is 17.8. The van der Waals surface area contributed by atoms with Crippen molar-refractivity contribution in [3.63, 3.8) is 0 Å². The molecular weight excluding hydrogens is 392 g/mol. The van der Waals surface area contributed by atoms with Crippen molar-refractivity contribution in [1.29, 1.82) is 0 Å². The summed E-state index contributed by atoms with van der Waals surface area (Å²) in [5.41, 5.74) is 8.59. The van der Waals surface area contributed by atoms with Gasteiger partial charge < -0.3 is 19.9 Å². The van der Waals surface area contributed by atoms with Crippen LogP contribution in [0.25, 0.3) is 11.3 Å². The van der Waals surface area contributed by atoms with Crippen molar-refractivity contribution in [3.8, 4) is 28.5 Å². The van der Waals surface area contributed by atoms with Crippen LogP contribution in [-0.4, -0.2) is 29.2 Å². The first-order chi connectivity index (χ1) is 14.8. The van der Waals surface area contributed by atoms with Gasteiger partial charge in [-0.2, -0.15) is 0 Å². The number of benzene rings is 1. The van der Waals surface area contributed by atoms with Crippen LogP contribution in [0.4, 0.5) is 0 Å². The van der Waals surface area contributed by atoms with E-state index in [4.69, 9.17) is 24.9 Å². The molecule has 7 nitrogen and oxygen atoms in total. The predicted octanol–water partition coefficient (Wildman–Crippen LogP) is 4.26. The lowest BCUT2D eigenvalue weighted by Gasteiger charge is -2.33. The number of amidine groups is 1. The summed E-state index contributed by atoms with van der Waals surface area (Å²) >= 11 is 0. The van der Waals surface area contributed by atoms with Gasteiger partial charge >= 0.3 is 0 Å². The van der Waals surface area contributed by atoms with E-state index in [9.17, 15) is 0 Å². The molecule has 0 saturated carbocycles. The molecule has 31 heavy (non-hydrogen) atoms. The highest BCUT2D eigenvalue weighted by Crippen LogP contribution is 2.52. The van der Waals surface area contributed by atoms with Crippen LogP contribution in [0.2, 0.25) is 0 Å². The first-order valence-corrected chi connectivity index (χ1v) is 10.2. The number of ether oxygens (including phenoxy) is 3. The van der Waals surface area contributed by atoms with E-state index < -0.39 is 5.54 Å². The van der Waals surface area contributed by atoms with Gasteiger partial charge in [0.15, 0.2) is 11.3 Å². The SMILES string of the molecule is CC(C)(C)COc1ccc2c(c1)C1(COC(N)=N1)c1cc(-c3cccnc3)ncc1O2. The van der Waals surface area contributed by atoms with E-state index in [1.807, 2.05) is 36.4 Å². The van der Waals surface area contributed by atoms with E-state index in [0.717, 1.165) is 28.1 Å². The Bertz CT molecular complexity index is 1170. The van der Waals surface area contributed by atoms with Crippen LogP contribution in [0.5, 0.6) is 17.2 Å². The molecule has 4 heterocycles. The summed E-state index contributed by atoms with van der Waals surface area (Å²) in [5.74, 6) is 2.07. The van der Waals surface area contributed by atoms with Gasteiger partial charge in [-0.1, -0.05) is 20.8 Å². The van der Waals surface area contributed by atoms with E-state index in [-0.39, 0.29) is 18.0 Å². The second-order valence-corrected chi connectivity index (χ2v) is 9.02. The van der Waals surface area contributed by atoms with Gasteiger partial charge in [0, 0.05) is 29.1 Å². The first kappa shape index (κ1) is 19.4. The topological polar surface area (TPSA) is 91.9 Å².